The van der Waals surface area contributed by atoms with E-state index in [0.29, 0.717) is 38.5 Å². The third kappa shape index (κ3) is 5.46. The van der Waals surface area contributed by atoms with Gasteiger partial charge >= 0.3 is 12.0 Å². The zero-order valence-corrected chi connectivity index (χ0v) is 12.1. The van der Waals surface area contributed by atoms with E-state index in [1.54, 1.807) is 4.90 Å². The highest BCUT2D eigenvalue weighted by Gasteiger charge is 2.26. The van der Waals surface area contributed by atoms with Crippen molar-refractivity contribution in [3.63, 3.8) is 0 Å². The lowest BCUT2D eigenvalue weighted by molar-refractivity contribution is -0.137. The lowest BCUT2D eigenvalue weighted by atomic mass is 10.2. The van der Waals surface area contributed by atoms with Gasteiger partial charge in [0.1, 0.15) is 6.54 Å². The van der Waals surface area contributed by atoms with Crippen molar-refractivity contribution in [3.8, 4) is 0 Å². The number of nitrogens with one attached hydrogen (secondary N) is 1. The number of amides is 3. The minimum absolute atomic E-state index is 0.0291. The van der Waals surface area contributed by atoms with E-state index < -0.39 is 5.97 Å². The first-order valence-electron chi connectivity index (χ1n) is 6.92. The summed E-state index contributed by atoms with van der Waals surface area (Å²) >= 11 is 0. The molecule has 7 nitrogen and oxygen atoms in total. The largest absolute Gasteiger partial charge is 0.481 e. The van der Waals surface area contributed by atoms with Gasteiger partial charge in [-0.3, -0.25) is 9.59 Å². The predicted molar refractivity (Wildman–Crippen MR) is 73.3 cm³/mol. The van der Waals surface area contributed by atoms with E-state index in [9.17, 15) is 14.4 Å². The molecule has 3 amide bonds. The van der Waals surface area contributed by atoms with Crippen molar-refractivity contribution >= 4 is 17.9 Å². The smallest absolute Gasteiger partial charge is 0.317 e. The van der Waals surface area contributed by atoms with E-state index >= 15 is 0 Å². The van der Waals surface area contributed by atoms with Gasteiger partial charge in [0.05, 0.1) is 0 Å². The SMILES string of the molecule is CC(C)CN1CCN(C(=O)NCCCC(=O)O)CC1=O. The van der Waals surface area contributed by atoms with Crippen molar-refractivity contribution in [2.75, 3.05) is 32.7 Å². The maximum absolute atomic E-state index is 11.9. The van der Waals surface area contributed by atoms with E-state index in [2.05, 4.69) is 19.2 Å². The molecule has 0 spiro atoms. The molecule has 20 heavy (non-hydrogen) atoms. The Hall–Kier alpha value is -1.79. The van der Waals surface area contributed by atoms with Crippen LogP contribution in [-0.4, -0.2) is 65.5 Å². The highest BCUT2D eigenvalue weighted by atomic mass is 16.4. The van der Waals surface area contributed by atoms with Crippen LogP contribution < -0.4 is 5.32 Å². The molecule has 114 valence electrons. The molecule has 1 saturated heterocycles. The number of nitrogens with zero attached hydrogens (tertiary/aromatic N) is 2. The third-order valence-electron chi connectivity index (χ3n) is 3.04. The van der Waals surface area contributed by atoms with E-state index in [1.165, 1.54) is 4.90 Å². The number of carbonyl (C=O) groups excluding carboxylic acids is 2. The quantitative estimate of drug-likeness (QED) is 0.690. The number of carboxylic acid groups (broad SMARTS) is 1. The average molecular weight is 285 g/mol. The van der Waals surface area contributed by atoms with Gasteiger partial charge in [0, 0.05) is 32.6 Å². The van der Waals surface area contributed by atoms with Gasteiger partial charge in [-0.05, 0) is 12.3 Å². The van der Waals surface area contributed by atoms with Gasteiger partial charge in [0.15, 0.2) is 0 Å². The summed E-state index contributed by atoms with van der Waals surface area (Å²) in [5.74, 6) is -0.502. The molecule has 1 heterocycles. The molecule has 0 bridgehead atoms. The predicted octanol–water partition coefficient (Wildman–Crippen LogP) is 0.361. The Morgan fingerprint density at radius 3 is 2.60 bits per heavy atom. The van der Waals surface area contributed by atoms with Crippen LogP contribution in [0.3, 0.4) is 0 Å². The maximum atomic E-state index is 11.9. The average Bonchev–Trinajstić information content (AvgIpc) is 2.36. The van der Waals surface area contributed by atoms with Crippen LogP contribution in [0.25, 0.3) is 0 Å². The number of carbonyl (C=O) groups is 3. The second kappa shape index (κ2) is 7.72. The first-order chi connectivity index (χ1) is 9.40. The Labute approximate surface area is 118 Å². The summed E-state index contributed by atoms with van der Waals surface area (Å²) in [6.07, 6.45) is 0.420. The summed E-state index contributed by atoms with van der Waals surface area (Å²) in [6.45, 7) is 6.29. The molecule has 0 aromatic rings. The van der Waals surface area contributed by atoms with Crippen molar-refractivity contribution in [1.29, 1.82) is 0 Å². The molecule has 1 aliphatic heterocycles. The molecule has 0 atom stereocenters. The van der Waals surface area contributed by atoms with Crippen LogP contribution in [0.4, 0.5) is 4.79 Å². The summed E-state index contributed by atoms with van der Waals surface area (Å²) in [7, 11) is 0. The molecule has 0 unspecified atom stereocenters. The summed E-state index contributed by atoms with van der Waals surface area (Å²) in [5, 5.41) is 11.1. The van der Waals surface area contributed by atoms with Gasteiger partial charge in [-0.25, -0.2) is 4.79 Å². The van der Waals surface area contributed by atoms with Gasteiger partial charge in [0.25, 0.3) is 0 Å². The van der Waals surface area contributed by atoms with Crippen LogP contribution in [0.1, 0.15) is 26.7 Å². The van der Waals surface area contributed by atoms with Crippen molar-refractivity contribution in [2.24, 2.45) is 5.92 Å². The molecule has 1 aliphatic rings. The zero-order valence-electron chi connectivity index (χ0n) is 12.1. The second-order valence-electron chi connectivity index (χ2n) is 5.38. The fraction of sp³-hybridized carbons (Fsp3) is 0.769. The van der Waals surface area contributed by atoms with Crippen LogP contribution in [0.2, 0.25) is 0 Å². The Balaban J connectivity index is 2.30. The van der Waals surface area contributed by atoms with E-state index in [0.717, 1.165) is 0 Å². The highest BCUT2D eigenvalue weighted by molar-refractivity contribution is 5.85. The van der Waals surface area contributed by atoms with Gasteiger partial charge in [-0.15, -0.1) is 0 Å². The summed E-state index contributed by atoms with van der Waals surface area (Å²) < 4.78 is 0. The number of hydrogen-bond donors (Lipinski definition) is 2. The lowest BCUT2D eigenvalue weighted by Gasteiger charge is -2.35. The second-order valence-corrected chi connectivity index (χ2v) is 5.38. The van der Waals surface area contributed by atoms with Crippen molar-refractivity contribution in [2.45, 2.75) is 26.7 Å². The van der Waals surface area contributed by atoms with Crippen molar-refractivity contribution < 1.29 is 19.5 Å². The topological polar surface area (TPSA) is 89.9 Å². The van der Waals surface area contributed by atoms with E-state index in [4.69, 9.17) is 5.11 Å². The van der Waals surface area contributed by atoms with Crippen molar-refractivity contribution in [3.05, 3.63) is 0 Å². The molecule has 0 saturated carbocycles. The monoisotopic (exact) mass is 285 g/mol. The van der Waals surface area contributed by atoms with E-state index in [-0.39, 0.29) is 24.9 Å². The normalized spacial score (nSPS) is 15.7. The number of urea groups is 1. The molecule has 1 rings (SSSR count). The van der Waals surface area contributed by atoms with Gasteiger partial charge in [-0.1, -0.05) is 13.8 Å². The summed E-state index contributed by atoms with van der Waals surface area (Å²) in [6, 6.07) is -0.298. The van der Waals surface area contributed by atoms with E-state index in [1.807, 2.05) is 0 Å². The van der Waals surface area contributed by atoms with Crippen LogP contribution in [0.15, 0.2) is 0 Å². The van der Waals surface area contributed by atoms with Crippen LogP contribution >= 0.6 is 0 Å². The number of rotatable bonds is 6. The standard InChI is InChI=1S/C13H23N3O4/c1-10(2)8-15-6-7-16(9-11(15)17)13(20)14-5-3-4-12(18)19/h10H,3-9H2,1-2H3,(H,14,20)(H,18,19). The molecular weight excluding hydrogens is 262 g/mol. The number of hydrogen-bond acceptors (Lipinski definition) is 3. The molecule has 0 aliphatic carbocycles. The Morgan fingerprint density at radius 2 is 2.05 bits per heavy atom. The highest BCUT2D eigenvalue weighted by Crippen LogP contribution is 2.07. The number of carboxylic acids is 1. The van der Waals surface area contributed by atoms with Gasteiger partial charge in [-0.2, -0.15) is 0 Å². The fourth-order valence-electron chi connectivity index (χ4n) is 2.06. The molecular formula is C13H23N3O4. The minimum Gasteiger partial charge on any atom is -0.481 e. The lowest BCUT2D eigenvalue weighted by Crippen LogP contribution is -2.55. The first kappa shape index (κ1) is 16.3. The Kier molecular flexibility index (Phi) is 6.27. The molecule has 0 aromatic carbocycles. The fourth-order valence-corrected chi connectivity index (χ4v) is 2.06. The maximum Gasteiger partial charge on any atom is 0.317 e. The third-order valence-corrected chi connectivity index (χ3v) is 3.04. The molecule has 0 aromatic heterocycles. The molecule has 1 fully saturated rings. The van der Waals surface area contributed by atoms with Gasteiger partial charge < -0.3 is 20.2 Å². The molecule has 0 radical (unpaired) electrons. The van der Waals surface area contributed by atoms with Gasteiger partial charge in [0.2, 0.25) is 5.91 Å². The Morgan fingerprint density at radius 1 is 1.35 bits per heavy atom. The minimum atomic E-state index is -0.878. The Bertz CT molecular complexity index is 371. The first-order valence-corrected chi connectivity index (χ1v) is 6.92. The van der Waals surface area contributed by atoms with Crippen LogP contribution in [0.5, 0.6) is 0 Å². The van der Waals surface area contributed by atoms with Crippen molar-refractivity contribution in [1.82, 2.24) is 15.1 Å². The van der Waals surface area contributed by atoms with Crippen LogP contribution in [-0.2, 0) is 9.59 Å². The summed E-state index contributed by atoms with van der Waals surface area (Å²) in [5.41, 5.74) is 0. The summed E-state index contributed by atoms with van der Waals surface area (Å²) in [4.78, 5) is 37.3. The number of piperazine rings is 1. The molecule has 2 N–H and O–H groups in total. The number of aliphatic carboxylic acids is 1. The van der Waals surface area contributed by atoms with Crippen LogP contribution in [0, 0.1) is 5.92 Å². The molecule has 7 heteroatoms. The zero-order chi connectivity index (χ0) is 15.1.